The fourth-order valence-corrected chi connectivity index (χ4v) is 3.44. The number of benzene rings is 1. The van der Waals surface area contributed by atoms with E-state index in [0.717, 1.165) is 24.2 Å². The Balaban J connectivity index is 1.22. The Bertz CT molecular complexity index is 1340. The number of hydrogen-bond acceptors (Lipinski definition) is 7. The fourth-order valence-electron chi connectivity index (χ4n) is 3.44. The van der Waals surface area contributed by atoms with Crippen molar-refractivity contribution in [3.63, 3.8) is 0 Å². The number of nitrogens with one attached hydrogen (secondary N) is 2. The molecule has 4 aromatic rings. The molecule has 1 saturated carbocycles. The summed E-state index contributed by atoms with van der Waals surface area (Å²) in [5.41, 5.74) is 2.03. The van der Waals surface area contributed by atoms with Crippen LogP contribution in [0.25, 0.3) is 5.82 Å². The predicted molar refractivity (Wildman–Crippen MR) is 123 cm³/mol. The Morgan fingerprint density at radius 1 is 1.09 bits per heavy atom. The number of imidazole rings is 1. The van der Waals surface area contributed by atoms with Crippen molar-refractivity contribution in [2.45, 2.75) is 32.2 Å². The van der Waals surface area contributed by atoms with Crippen LogP contribution >= 0.6 is 0 Å². The van der Waals surface area contributed by atoms with Gasteiger partial charge in [-0.25, -0.2) is 19.9 Å². The minimum atomic E-state index is -0.296. The Morgan fingerprint density at radius 2 is 1.88 bits per heavy atom. The quantitative estimate of drug-likeness (QED) is 0.452. The highest BCUT2D eigenvalue weighted by molar-refractivity contribution is 5.90. The number of nitrogens with zero attached hydrogens (tertiary/aromatic N) is 6. The predicted octanol–water partition coefficient (Wildman–Crippen LogP) is 2.79. The maximum Gasteiger partial charge on any atom is 0.254 e. The molecule has 1 amide bonds. The molecule has 1 aliphatic rings. The first kappa shape index (κ1) is 20.6. The lowest BCUT2D eigenvalue weighted by Crippen LogP contribution is -2.27. The smallest absolute Gasteiger partial charge is 0.254 e. The molecule has 0 bridgehead atoms. The lowest BCUT2D eigenvalue weighted by atomic mass is 10.2. The molecule has 2 N–H and O–H groups in total. The lowest BCUT2D eigenvalue weighted by molar-refractivity contribution is -0.116. The van der Waals surface area contributed by atoms with Crippen LogP contribution in [0.2, 0.25) is 0 Å². The van der Waals surface area contributed by atoms with Crippen LogP contribution in [0.4, 0.5) is 17.2 Å². The summed E-state index contributed by atoms with van der Waals surface area (Å²) in [5, 5.41) is 6.05. The van der Waals surface area contributed by atoms with E-state index in [1.54, 1.807) is 29.2 Å². The zero-order valence-corrected chi connectivity index (χ0v) is 18.0. The van der Waals surface area contributed by atoms with Crippen molar-refractivity contribution in [1.82, 2.24) is 29.1 Å². The molecule has 3 aromatic heterocycles. The summed E-state index contributed by atoms with van der Waals surface area (Å²) in [4.78, 5) is 41.8. The minimum Gasteiger partial charge on any atom is -0.340 e. The van der Waals surface area contributed by atoms with Gasteiger partial charge >= 0.3 is 0 Å². The summed E-state index contributed by atoms with van der Waals surface area (Å²) in [5.74, 6) is 2.08. The first-order valence-corrected chi connectivity index (χ1v) is 10.6. The standard InChI is InChI=1S/C23H22N8O2/c1-15-26-20(11-21(27-15)30-9-8-24-13-30)28-17-4-6-18(7-5-17)29-22(32)12-31-14-25-19(10-23(31)33)16-2-3-16/h4-11,13-14,16H,2-3,12H2,1H3,(H,29,32)(H,26,27,28). The van der Waals surface area contributed by atoms with Gasteiger partial charge in [-0.15, -0.1) is 0 Å². The summed E-state index contributed by atoms with van der Waals surface area (Å²) in [6, 6.07) is 10.6. The van der Waals surface area contributed by atoms with Crippen molar-refractivity contribution in [2.75, 3.05) is 10.6 Å². The third-order valence-electron chi connectivity index (χ3n) is 5.24. The second-order valence-corrected chi connectivity index (χ2v) is 7.93. The normalized spacial score (nSPS) is 13.0. The van der Waals surface area contributed by atoms with Crippen LogP contribution in [-0.2, 0) is 11.3 Å². The molecule has 166 valence electrons. The maximum absolute atomic E-state index is 12.4. The Morgan fingerprint density at radius 3 is 2.58 bits per heavy atom. The highest BCUT2D eigenvalue weighted by atomic mass is 16.2. The molecule has 0 unspecified atom stereocenters. The van der Waals surface area contributed by atoms with Gasteiger partial charge in [0.25, 0.3) is 5.56 Å². The second kappa shape index (κ2) is 8.65. The molecule has 0 radical (unpaired) electrons. The van der Waals surface area contributed by atoms with Gasteiger partial charge in [-0.05, 0) is 44.0 Å². The number of carbonyl (C=O) groups excluding carboxylic acids is 1. The molecule has 10 nitrogen and oxygen atoms in total. The number of aryl methyl sites for hydroxylation is 1. The van der Waals surface area contributed by atoms with E-state index in [1.807, 2.05) is 31.3 Å². The van der Waals surface area contributed by atoms with Crippen LogP contribution in [0.15, 0.2) is 66.2 Å². The summed E-state index contributed by atoms with van der Waals surface area (Å²) in [6.45, 7) is 1.73. The zero-order chi connectivity index (χ0) is 22.8. The van der Waals surface area contributed by atoms with Gasteiger partial charge < -0.3 is 10.6 Å². The zero-order valence-electron chi connectivity index (χ0n) is 18.0. The minimum absolute atomic E-state index is 0.0893. The van der Waals surface area contributed by atoms with E-state index in [-0.39, 0.29) is 18.0 Å². The van der Waals surface area contributed by atoms with Gasteiger partial charge in [0.1, 0.15) is 30.3 Å². The van der Waals surface area contributed by atoms with Crippen LogP contribution in [0.1, 0.15) is 30.3 Å². The third-order valence-corrected chi connectivity index (χ3v) is 5.24. The molecule has 1 aromatic carbocycles. The molecule has 5 rings (SSSR count). The van der Waals surface area contributed by atoms with E-state index in [9.17, 15) is 9.59 Å². The van der Waals surface area contributed by atoms with E-state index in [0.29, 0.717) is 29.1 Å². The van der Waals surface area contributed by atoms with Crippen molar-refractivity contribution in [3.8, 4) is 5.82 Å². The first-order chi connectivity index (χ1) is 16.0. The number of carbonyl (C=O) groups is 1. The van der Waals surface area contributed by atoms with Crippen molar-refractivity contribution in [1.29, 1.82) is 0 Å². The van der Waals surface area contributed by atoms with Gasteiger partial charge in [0.2, 0.25) is 5.91 Å². The highest BCUT2D eigenvalue weighted by Gasteiger charge is 2.25. The van der Waals surface area contributed by atoms with E-state index in [2.05, 4.69) is 30.6 Å². The highest BCUT2D eigenvalue weighted by Crippen LogP contribution is 2.38. The van der Waals surface area contributed by atoms with E-state index < -0.39 is 0 Å². The van der Waals surface area contributed by atoms with Crippen LogP contribution in [-0.4, -0.2) is 35.0 Å². The summed E-state index contributed by atoms with van der Waals surface area (Å²) >= 11 is 0. The molecule has 0 aliphatic heterocycles. The van der Waals surface area contributed by atoms with Crippen LogP contribution in [0.3, 0.4) is 0 Å². The number of aromatic nitrogens is 6. The Hall–Kier alpha value is -4.34. The number of amides is 1. The third kappa shape index (κ3) is 4.95. The molecule has 33 heavy (non-hydrogen) atoms. The monoisotopic (exact) mass is 442 g/mol. The van der Waals surface area contributed by atoms with Gasteiger partial charge in [0.05, 0.1) is 12.0 Å². The molecule has 0 atom stereocenters. The largest absolute Gasteiger partial charge is 0.340 e. The van der Waals surface area contributed by atoms with E-state index in [4.69, 9.17) is 0 Å². The van der Waals surface area contributed by atoms with Gasteiger partial charge in [0.15, 0.2) is 0 Å². The average molecular weight is 442 g/mol. The van der Waals surface area contributed by atoms with Crippen LogP contribution in [0.5, 0.6) is 0 Å². The van der Waals surface area contributed by atoms with Crippen molar-refractivity contribution >= 4 is 23.1 Å². The fraction of sp³-hybridized carbons (Fsp3) is 0.217. The number of anilines is 3. The van der Waals surface area contributed by atoms with Crippen molar-refractivity contribution < 1.29 is 4.79 Å². The van der Waals surface area contributed by atoms with E-state index >= 15 is 0 Å². The molecular formula is C23H22N8O2. The van der Waals surface area contributed by atoms with E-state index in [1.165, 1.54) is 17.0 Å². The van der Waals surface area contributed by atoms with Crippen molar-refractivity contribution in [2.24, 2.45) is 0 Å². The van der Waals surface area contributed by atoms with Gasteiger partial charge in [-0.2, -0.15) is 0 Å². The summed E-state index contributed by atoms with van der Waals surface area (Å²) < 4.78 is 3.12. The molecule has 10 heteroatoms. The van der Waals surface area contributed by atoms with Gasteiger partial charge in [0, 0.05) is 41.8 Å². The van der Waals surface area contributed by atoms with Gasteiger partial charge in [-0.3, -0.25) is 18.7 Å². The molecule has 3 heterocycles. The molecule has 1 aliphatic carbocycles. The van der Waals surface area contributed by atoms with Crippen LogP contribution < -0.4 is 16.2 Å². The number of hydrogen-bond donors (Lipinski definition) is 2. The average Bonchev–Trinajstić information content (AvgIpc) is 3.49. The SMILES string of the molecule is Cc1nc(Nc2ccc(NC(=O)Cn3cnc(C4CC4)cc3=O)cc2)cc(-n2ccnc2)n1. The van der Waals surface area contributed by atoms with Crippen LogP contribution in [0, 0.1) is 6.92 Å². The van der Waals surface area contributed by atoms with Crippen molar-refractivity contribution in [3.05, 3.63) is 83.3 Å². The summed E-state index contributed by atoms with van der Waals surface area (Å²) in [7, 11) is 0. The topological polar surface area (TPSA) is 120 Å². The first-order valence-electron chi connectivity index (χ1n) is 10.6. The van der Waals surface area contributed by atoms with Gasteiger partial charge in [-0.1, -0.05) is 0 Å². The second-order valence-electron chi connectivity index (χ2n) is 7.93. The molecular weight excluding hydrogens is 420 g/mol. The maximum atomic E-state index is 12.4. The number of rotatable bonds is 7. The summed E-state index contributed by atoms with van der Waals surface area (Å²) in [6.07, 6.45) is 8.77. The Kier molecular flexibility index (Phi) is 5.39. The molecule has 0 saturated heterocycles. The lowest BCUT2D eigenvalue weighted by Gasteiger charge is -2.11. The Labute approximate surface area is 189 Å². The molecule has 1 fully saturated rings. The molecule has 0 spiro atoms.